The second kappa shape index (κ2) is 8.12. The van der Waals surface area contributed by atoms with Crippen LogP contribution in [-0.4, -0.2) is 59.4 Å². The number of nitrogens with zero attached hydrogens (tertiary/aromatic N) is 5. The summed E-state index contributed by atoms with van der Waals surface area (Å²) in [6.07, 6.45) is 4.53. The molecule has 4 heterocycles. The van der Waals surface area contributed by atoms with Gasteiger partial charge in [-0.15, -0.1) is 0 Å². The first-order chi connectivity index (χ1) is 15.0. The van der Waals surface area contributed by atoms with Crippen molar-refractivity contribution in [1.29, 1.82) is 0 Å². The van der Waals surface area contributed by atoms with Gasteiger partial charge in [0.05, 0.1) is 16.8 Å². The number of hydrogen-bond donors (Lipinski definition) is 1. The smallest absolute Gasteiger partial charge is 0.266 e. The van der Waals surface area contributed by atoms with E-state index in [1.54, 1.807) is 0 Å². The molecule has 0 amide bonds. The summed E-state index contributed by atoms with van der Waals surface area (Å²) in [5.41, 5.74) is 2.58. The predicted molar refractivity (Wildman–Crippen MR) is 122 cm³/mol. The fourth-order valence-electron chi connectivity index (χ4n) is 4.61. The second-order valence-electron chi connectivity index (χ2n) is 8.31. The Bertz CT molecular complexity index is 1180. The van der Waals surface area contributed by atoms with Crippen LogP contribution in [-0.2, 0) is 16.7 Å². The van der Waals surface area contributed by atoms with Crippen LogP contribution in [0.2, 0.25) is 0 Å². The summed E-state index contributed by atoms with van der Waals surface area (Å²) in [6, 6.07) is 11.9. The van der Waals surface area contributed by atoms with Gasteiger partial charge in [0.2, 0.25) is 5.95 Å². The summed E-state index contributed by atoms with van der Waals surface area (Å²) in [6.45, 7) is 3.91. The number of aryl methyl sites for hydroxylation is 1. The van der Waals surface area contributed by atoms with Crippen molar-refractivity contribution in [3.05, 3.63) is 36.4 Å². The summed E-state index contributed by atoms with van der Waals surface area (Å²) in [4.78, 5) is 14.4. The molecule has 0 spiro atoms. The summed E-state index contributed by atoms with van der Waals surface area (Å²) >= 11 is 0. The third-order valence-corrected chi connectivity index (χ3v) is 6.86. The maximum absolute atomic E-state index is 11.6. The molecule has 2 aliphatic heterocycles. The maximum Gasteiger partial charge on any atom is 0.266 e. The quantitative estimate of drug-likeness (QED) is 0.588. The predicted octanol–water partition coefficient (Wildman–Crippen LogP) is 3.19. The van der Waals surface area contributed by atoms with E-state index in [2.05, 4.69) is 15.9 Å². The van der Waals surface area contributed by atoms with E-state index in [-0.39, 0.29) is 12.3 Å². The monoisotopic (exact) mass is 441 g/mol. The van der Waals surface area contributed by atoms with Crippen molar-refractivity contribution in [2.45, 2.75) is 32.2 Å². The van der Waals surface area contributed by atoms with Gasteiger partial charge in [0.1, 0.15) is 11.5 Å². The van der Waals surface area contributed by atoms with Crippen molar-refractivity contribution in [2.75, 3.05) is 41.7 Å². The van der Waals surface area contributed by atoms with E-state index in [0.717, 1.165) is 80.0 Å². The Hall–Kier alpha value is -2.65. The highest BCUT2D eigenvalue weighted by atomic mass is 32.2. The lowest BCUT2D eigenvalue weighted by molar-refractivity contribution is 0.479. The highest BCUT2D eigenvalue weighted by Crippen LogP contribution is 2.35. The molecular formula is C22H27N5O3S. The highest BCUT2D eigenvalue weighted by molar-refractivity contribution is 7.85. The topological polar surface area (TPSA) is 91.6 Å². The van der Waals surface area contributed by atoms with Gasteiger partial charge in [0, 0.05) is 32.7 Å². The first-order valence-corrected chi connectivity index (χ1v) is 12.5. The van der Waals surface area contributed by atoms with E-state index in [1.807, 2.05) is 34.9 Å². The Balaban J connectivity index is 1.72. The molecule has 0 bridgehead atoms. The largest absolute Gasteiger partial charge is 0.356 e. The molecule has 164 valence electrons. The van der Waals surface area contributed by atoms with Gasteiger partial charge >= 0.3 is 0 Å². The molecule has 3 aromatic rings. The zero-order valence-corrected chi connectivity index (χ0v) is 18.3. The van der Waals surface area contributed by atoms with Crippen LogP contribution in [0.25, 0.3) is 22.3 Å². The third kappa shape index (κ3) is 4.12. The molecular weight excluding hydrogens is 414 g/mol. The fourth-order valence-corrected chi connectivity index (χ4v) is 5.02. The molecule has 0 radical (unpaired) electrons. The molecule has 31 heavy (non-hydrogen) atoms. The van der Waals surface area contributed by atoms with Crippen LogP contribution in [0.5, 0.6) is 0 Å². The van der Waals surface area contributed by atoms with Crippen molar-refractivity contribution in [2.24, 2.45) is 0 Å². The Labute approximate surface area is 182 Å². The van der Waals surface area contributed by atoms with E-state index in [4.69, 9.17) is 9.97 Å². The normalized spacial score (nSPS) is 17.2. The maximum atomic E-state index is 11.6. The van der Waals surface area contributed by atoms with Crippen LogP contribution in [0.15, 0.2) is 36.4 Å². The minimum Gasteiger partial charge on any atom is -0.356 e. The van der Waals surface area contributed by atoms with Crippen molar-refractivity contribution < 1.29 is 13.0 Å². The molecule has 0 atom stereocenters. The second-order valence-corrected chi connectivity index (χ2v) is 9.88. The fraction of sp³-hybridized carbons (Fsp3) is 0.455. The van der Waals surface area contributed by atoms with Gasteiger partial charge < -0.3 is 14.4 Å². The van der Waals surface area contributed by atoms with Crippen molar-refractivity contribution in [3.63, 3.8) is 0 Å². The lowest BCUT2D eigenvalue weighted by atomic mass is 10.1. The van der Waals surface area contributed by atoms with Crippen molar-refractivity contribution in [3.8, 4) is 11.3 Å². The Morgan fingerprint density at radius 1 is 0.903 bits per heavy atom. The molecule has 0 unspecified atom stereocenters. The Morgan fingerprint density at radius 3 is 2.19 bits per heavy atom. The Morgan fingerprint density at radius 2 is 1.55 bits per heavy atom. The van der Waals surface area contributed by atoms with Gasteiger partial charge in [-0.25, -0.2) is 0 Å². The zero-order chi connectivity index (χ0) is 21.4. The van der Waals surface area contributed by atoms with Crippen LogP contribution in [0.3, 0.4) is 0 Å². The van der Waals surface area contributed by atoms with Gasteiger partial charge in [0.15, 0.2) is 0 Å². The van der Waals surface area contributed by atoms with Crippen LogP contribution >= 0.6 is 0 Å². The Kier molecular flexibility index (Phi) is 5.31. The first kappa shape index (κ1) is 20.3. The molecule has 5 rings (SSSR count). The minimum atomic E-state index is -4.10. The number of rotatable bonds is 6. The molecule has 2 saturated heterocycles. The SMILES string of the molecule is O=S(=O)(O)CCn1c(-c2ccccc2)cc2c(N3CCCC3)nc(N3CCCC3)nc21. The summed E-state index contributed by atoms with van der Waals surface area (Å²) in [5.74, 6) is 1.27. The lowest BCUT2D eigenvalue weighted by Gasteiger charge is -2.21. The van der Waals surface area contributed by atoms with E-state index >= 15 is 0 Å². The van der Waals surface area contributed by atoms with E-state index < -0.39 is 10.1 Å². The molecule has 1 aromatic carbocycles. The molecule has 0 aliphatic carbocycles. The molecule has 0 saturated carbocycles. The molecule has 1 N–H and O–H groups in total. The number of hydrogen-bond acceptors (Lipinski definition) is 6. The van der Waals surface area contributed by atoms with E-state index in [9.17, 15) is 13.0 Å². The van der Waals surface area contributed by atoms with Gasteiger partial charge in [-0.3, -0.25) is 4.55 Å². The van der Waals surface area contributed by atoms with Gasteiger partial charge in [-0.05, 0) is 37.3 Å². The molecule has 9 heteroatoms. The van der Waals surface area contributed by atoms with Crippen LogP contribution in [0.4, 0.5) is 11.8 Å². The molecule has 2 fully saturated rings. The number of aromatic nitrogens is 3. The average molecular weight is 442 g/mol. The molecule has 2 aromatic heterocycles. The highest BCUT2D eigenvalue weighted by Gasteiger charge is 2.25. The summed E-state index contributed by atoms with van der Waals surface area (Å²) in [5, 5.41) is 0.930. The summed E-state index contributed by atoms with van der Waals surface area (Å²) in [7, 11) is -4.10. The van der Waals surface area contributed by atoms with Gasteiger partial charge in [-0.2, -0.15) is 18.4 Å². The van der Waals surface area contributed by atoms with Crippen LogP contribution in [0, 0.1) is 0 Å². The van der Waals surface area contributed by atoms with Crippen LogP contribution in [0.1, 0.15) is 25.7 Å². The van der Waals surface area contributed by atoms with E-state index in [1.165, 1.54) is 0 Å². The number of fused-ring (bicyclic) bond motifs is 1. The first-order valence-electron chi connectivity index (χ1n) is 10.9. The zero-order valence-electron chi connectivity index (χ0n) is 17.4. The third-order valence-electron chi connectivity index (χ3n) is 6.16. The van der Waals surface area contributed by atoms with E-state index in [0.29, 0.717) is 5.95 Å². The number of anilines is 2. The molecule has 2 aliphatic rings. The minimum absolute atomic E-state index is 0.127. The standard InChI is InChI=1S/C22H27N5O3S/c28-31(29,30)15-14-27-19(17-8-2-1-3-9-17)16-18-20(25-10-4-5-11-25)23-22(24-21(18)27)26-12-6-7-13-26/h1-3,8-9,16H,4-7,10-15H2,(H,28,29,30). The van der Waals surface area contributed by atoms with Crippen molar-refractivity contribution in [1.82, 2.24) is 14.5 Å². The van der Waals surface area contributed by atoms with Gasteiger partial charge in [0.25, 0.3) is 10.1 Å². The average Bonchev–Trinajstić information content (AvgIpc) is 3.52. The summed E-state index contributed by atoms with van der Waals surface area (Å²) < 4.78 is 34.4. The van der Waals surface area contributed by atoms with Gasteiger partial charge in [-0.1, -0.05) is 30.3 Å². The molecule has 8 nitrogen and oxygen atoms in total. The van der Waals surface area contributed by atoms with Crippen molar-refractivity contribution >= 4 is 32.9 Å². The number of benzene rings is 1. The lowest BCUT2D eigenvalue weighted by Crippen LogP contribution is -2.24. The van der Waals surface area contributed by atoms with Crippen LogP contribution < -0.4 is 9.80 Å².